The fourth-order valence-electron chi connectivity index (χ4n) is 2.57. The third kappa shape index (κ3) is 2.78. The zero-order valence-electron chi connectivity index (χ0n) is 10.7. The van der Waals surface area contributed by atoms with Crippen LogP contribution in [0.25, 0.3) is 0 Å². The molecular formula is C12H22N2O3. The largest absolute Gasteiger partial charge is 0.468 e. The fraction of sp³-hybridized carbons (Fsp3) is 0.917. The number of hydrogen-bond acceptors (Lipinski definition) is 5. The number of hydrogen-bond donors (Lipinski definition) is 1. The molecule has 0 amide bonds. The summed E-state index contributed by atoms with van der Waals surface area (Å²) in [5.74, 6) is 0.551. The standard InChI is InChI=1S/C12H22N2O3/c1-14-4-3-10(6-14)5-13-7-12(8-17-9-12)11(15)16-2/h10,13H,3-9H2,1-2H3. The van der Waals surface area contributed by atoms with Gasteiger partial charge in [0.25, 0.3) is 0 Å². The van der Waals surface area contributed by atoms with E-state index in [0.717, 1.165) is 13.1 Å². The Morgan fingerprint density at radius 1 is 1.59 bits per heavy atom. The van der Waals surface area contributed by atoms with Gasteiger partial charge in [0.15, 0.2) is 0 Å². The minimum Gasteiger partial charge on any atom is -0.468 e. The van der Waals surface area contributed by atoms with Gasteiger partial charge in [-0.2, -0.15) is 0 Å². The molecule has 0 saturated carbocycles. The molecule has 0 radical (unpaired) electrons. The van der Waals surface area contributed by atoms with E-state index >= 15 is 0 Å². The highest BCUT2D eigenvalue weighted by atomic mass is 16.5. The number of carbonyl (C=O) groups excluding carboxylic acids is 1. The molecule has 2 aliphatic rings. The molecule has 0 aromatic carbocycles. The van der Waals surface area contributed by atoms with Gasteiger partial charge < -0.3 is 19.7 Å². The quantitative estimate of drug-likeness (QED) is 0.672. The average Bonchev–Trinajstić information content (AvgIpc) is 2.67. The van der Waals surface area contributed by atoms with Crippen LogP contribution >= 0.6 is 0 Å². The minimum absolute atomic E-state index is 0.153. The molecule has 0 aromatic rings. The maximum absolute atomic E-state index is 11.6. The number of methoxy groups -OCH3 is 1. The maximum Gasteiger partial charge on any atom is 0.317 e. The lowest BCUT2D eigenvalue weighted by Gasteiger charge is -2.38. The number of nitrogens with zero attached hydrogens (tertiary/aromatic N) is 1. The first kappa shape index (κ1) is 12.8. The summed E-state index contributed by atoms with van der Waals surface area (Å²) in [6, 6.07) is 0. The molecule has 0 aliphatic carbocycles. The Balaban J connectivity index is 1.72. The van der Waals surface area contributed by atoms with Gasteiger partial charge in [0.05, 0.1) is 20.3 Å². The highest BCUT2D eigenvalue weighted by Gasteiger charge is 2.46. The van der Waals surface area contributed by atoms with Crippen molar-refractivity contribution in [3.05, 3.63) is 0 Å². The Kier molecular flexibility index (Phi) is 4.01. The molecule has 2 fully saturated rings. The summed E-state index contributed by atoms with van der Waals surface area (Å²) in [6.45, 7) is 4.93. The van der Waals surface area contributed by atoms with E-state index in [-0.39, 0.29) is 5.97 Å². The zero-order valence-corrected chi connectivity index (χ0v) is 10.7. The third-order valence-corrected chi connectivity index (χ3v) is 3.76. The summed E-state index contributed by atoms with van der Waals surface area (Å²) in [7, 11) is 3.59. The summed E-state index contributed by atoms with van der Waals surface area (Å²) in [5, 5.41) is 3.40. The van der Waals surface area contributed by atoms with Gasteiger partial charge >= 0.3 is 5.97 Å². The van der Waals surface area contributed by atoms with E-state index in [4.69, 9.17) is 9.47 Å². The van der Waals surface area contributed by atoms with Gasteiger partial charge in [-0.25, -0.2) is 0 Å². The second-order valence-corrected chi connectivity index (χ2v) is 5.31. The van der Waals surface area contributed by atoms with Crippen molar-refractivity contribution in [2.75, 3.05) is 53.6 Å². The predicted octanol–water partition coefficient (Wildman–Crippen LogP) is -0.283. The van der Waals surface area contributed by atoms with Crippen LogP contribution in [0, 0.1) is 11.3 Å². The first-order chi connectivity index (χ1) is 8.16. The van der Waals surface area contributed by atoms with Crippen molar-refractivity contribution < 1.29 is 14.3 Å². The van der Waals surface area contributed by atoms with Crippen molar-refractivity contribution in [3.63, 3.8) is 0 Å². The molecule has 1 N–H and O–H groups in total. The topological polar surface area (TPSA) is 50.8 Å². The zero-order chi connectivity index (χ0) is 12.3. The van der Waals surface area contributed by atoms with Crippen LogP contribution in [-0.4, -0.2) is 64.4 Å². The molecule has 1 unspecified atom stereocenters. The first-order valence-electron chi connectivity index (χ1n) is 6.22. The molecule has 0 bridgehead atoms. The molecule has 17 heavy (non-hydrogen) atoms. The Morgan fingerprint density at radius 3 is 2.82 bits per heavy atom. The maximum atomic E-state index is 11.6. The lowest BCUT2D eigenvalue weighted by Crippen LogP contribution is -2.56. The van der Waals surface area contributed by atoms with Gasteiger partial charge in [-0.15, -0.1) is 0 Å². The molecule has 1 atom stereocenters. The lowest BCUT2D eigenvalue weighted by molar-refractivity contribution is -0.182. The van der Waals surface area contributed by atoms with Gasteiger partial charge in [-0.1, -0.05) is 0 Å². The molecule has 98 valence electrons. The molecular weight excluding hydrogens is 220 g/mol. The van der Waals surface area contributed by atoms with Crippen LogP contribution in [0.1, 0.15) is 6.42 Å². The van der Waals surface area contributed by atoms with Crippen LogP contribution in [-0.2, 0) is 14.3 Å². The number of carbonyl (C=O) groups is 1. The number of rotatable bonds is 5. The second-order valence-electron chi connectivity index (χ2n) is 5.31. The van der Waals surface area contributed by atoms with Crippen LogP contribution in [0.15, 0.2) is 0 Å². The van der Waals surface area contributed by atoms with Gasteiger partial charge in [0, 0.05) is 13.1 Å². The summed E-state index contributed by atoms with van der Waals surface area (Å²) in [6.07, 6.45) is 1.24. The summed E-state index contributed by atoms with van der Waals surface area (Å²) >= 11 is 0. The monoisotopic (exact) mass is 242 g/mol. The van der Waals surface area contributed by atoms with E-state index in [1.54, 1.807) is 0 Å². The molecule has 5 nitrogen and oxygen atoms in total. The van der Waals surface area contributed by atoms with Crippen molar-refractivity contribution in [3.8, 4) is 0 Å². The van der Waals surface area contributed by atoms with E-state index in [0.29, 0.717) is 25.7 Å². The van der Waals surface area contributed by atoms with Crippen molar-refractivity contribution in [1.29, 1.82) is 0 Å². The van der Waals surface area contributed by atoms with E-state index in [2.05, 4.69) is 17.3 Å². The number of nitrogens with one attached hydrogen (secondary N) is 1. The Hall–Kier alpha value is -0.650. The molecule has 2 aliphatic heterocycles. The summed E-state index contributed by atoms with van der Waals surface area (Å²) in [4.78, 5) is 14.0. The number of likely N-dealkylation sites (tertiary alicyclic amines) is 1. The highest BCUT2D eigenvalue weighted by molar-refractivity contribution is 5.78. The van der Waals surface area contributed by atoms with Crippen LogP contribution < -0.4 is 5.32 Å². The van der Waals surface area contributed by atoms with Crippen molar-refractivity contribution in [2.45, 2.75) is 6.42 Å². The minimum atomic E-state index is -0.431. The summed E-state index contributed by atoms with van der Waals surface area (Å²) < 4.78 is 9.98. The Labute approximate surface area is 102 Å². The fourth-order valence-corrected chi connectivity index (χ4v) is 2.57. The molecule has 0 spiro atoms. The van der Waals surface area contributed by atoms with Crippen LogP contribution in [0.3, 0.4) is 0 Å². The van der Waals surface area contributed by atoms with Gasteiger partial charge in [0.2, 0.25) is 0 Å². The number of ether oxygens (including phenoxy) is 2. The average molecular weight is 242 g/mol. The van der Waals surface area contributed by atoms with Crippen LogP contribution in [0.4, 0.5) is 0 Å². The SMILES string of the molecule is COC(=O)C1(CNCC2CCN(C)C2)COC1. The third-order valence-electron chi connectivity index (χ3n) is 3.76. The Morgan fingerprint density at radius 2 is 2.35 bits per heavy atom. The summed E-state index contributed by atoms with van der Waals surface area (Å²) in [5.41, 5.74) is -0.431. The van der Waals surface area contributed by atoms with Crippen LogP contribution in [0.2, 0.25) is 0 Å². The lowest BCUT2D eigenvalue weighted by atomic mass is 9.86. The molecule has 2 rings (SSSR count). The smallest absolute Gasteiger partial charge is 0.317 e. The van der Waals surface area contributed by atoms with E-state index in [1.807, 2.05) is 0 Å². The predicted molar refractivity (Wildman–Crippen MR) is 63.7 cm³/mol. The van der Waals surface area contributed by atoms with E-state index < -0.39 is 5.41 Å². The number of esters is 1. The molecule has 2 heterocycles. The Bertz CT molecular complexity index is 279. The normalized spacial score (nSPS) is 27.8. The van der Waals surface area contributed by atoms with E-state index in [9.17, 15) is 4.79 Å². The highest BCUT2D eigenvalue weighted by Crippen LogP contribution is 2.28. The van der Waals surface area contributed by atoms with Gasteiger partial charge in [0.1, 0.15) is 5.41 Å². The van der Waals surface area contributed by atoms with Gasteiger partial charge in [-0.05, 0) is 32.5 Å². The van der Waals surface area contributed by atoms with E-state index in [1.165, 1.54) is 20.1 Å². The molecule has 2 saturated heterocycles. The van der Waals surface area contributed by atoms with Crippen molar-refractivity contribution in [2.24, 2.45) is 11.3 Å². The van der Waals surface area contributed by atoms with Crippen LogP contribution in [0.5, 0.6) is 0 Å². The second kappa shape index (κ2) is 5.33. The van der Waals surface area contributed by atoms with Gasteiger partial charge in [-0.3, -0.25) is 4.79 Å². The molecule has 5 heteroatoms. The first-order valence-corrected chi connectivity index (χ1v) is 6.22. The van der Waals surface area contributed by atoms with Crippen molar-refractivity contribution in [1.82, 2.24) is 10.2 Å². The molecule has 0 aromatic heterocycles. The van der Waals surface area contributed by atoms with Crippen molar-refractivity contribution >= 4 is 5.97 Å².